The minimum atomic E-state index is -3.36. The predicted octanol–water partition coefficient (Wildman–Crippen LogP) is 1.08. The Morgan fingerprint density at radius 1 is 1.50 bits per heavy atom. The lowest BCUT2D eigenvalue weighted by molar-refractivity contribution is 0.100. The maximum atomic E-state index is 11.5. The third-order valence-corrected chi connectivity index (χ3v) is 3.58. The average Bonchev–Trinajstić information content (AvgIpc) is 2.18. The average molecular weight is 213 g/mol. The first-order chi connectivity index (χ1) is 6.49. The second kappa shape index (κ2) is 3.88. The van der Waals surface area contributed by atoms with Gasteiger partial charge in [-0.05, 0) is 12.1 Å². The highest BCUT2D eigenvalue weighted by Crippen LogP contribution is 2.14. The Morgan fingerprint density at radius 3 is 2.64 bits per heavy atom. The van der Waals surface area contributed by atoms with Gasteiger partial charge in [-0.1, -0.05) is 6.92 Å². The zero-order valence-electron chi connectivity index (χ0n) is 8.02. The summed E-state index contributed by atoms with van der Waals surface area (Å²) in [5.41, 5.74) is 0.0225. The molecule has 0 spiro atoms. The zero-order chi connectivity index (χ0) is 10.8. The summed E-state index contributed by atoms with van der Waals surface area (Å²) in [4.78, 5) is 14.9. The van der Waals surface area contributed by atoms with Gasteiger partial charge in [-0.25, -0.2) is 8.42 Å². The number of nitrogens with zero attached hydrogens (tertiary/aromatic N) is 1. The lowest BCUT2D eigenvalue weighted by Crippen LogP contribution is -2.11. The van der Waals surface area contributed by atoms with Gasteiger partial charge in [-0.3, -0.25) is 9.78 Å². The molecule has 5 heteroatoms. The number of hydrogen-bond donors (Lipinski definition) is 0. The number of sulfone groups is 1. The van der Waals surface area contributed by atoms with Crippen LogP contribution in [-0.2, 0) is 9.84 Å². The van der Waals surface area contributed by atoms with Crippen LogP contribution in [0.4, 0.5) is 0 Å². The third-order valence-electron chi connectivity index (χ3n) is 1.82. The summed E-state index contributed by atoms with van der Waals surface area (Å²) in [7, 11) is -3.36. The summed E-state index contributed by atoms with van der Waals surface area (Å²) in [5, 5.41) is 0. The topological polar surface area (TPSA) is 64.1 Å². The Bertz CT molecular complexity index is 451. The molecule has 0 aliphatic rings. The number of carbonyl (C=O) groups excluding carboxylic acids is 1. The van der Waals surface area contributed by atoms with E-state index in [1.807, 2.05) is 0 Å². The molecule has 4 nitrogen and oxygen atoms in total. The number of pyridine rings is 1. The Labute approximate surface area is 82.9 Å². The van der Waals surface area contributed by atoms with Crippen molar-refractivity contribution >= 4 is 15.6 Å². The van der Waals surface area contributed by atoms with Crippen LogP contribution in [0.1, 0.15) is 24.3 Å². The van der Waals surface area contributed by atoms with Gasteiger partial charge >= 0.3 is 0 Å². The monoisotopic (exact) mass is 213 g/mol. The number of Topliss-reactive ketones (excluding diaryl/α,β-unsaturated/α-hetero) is 1. The van der Waals surface area contributed by atoms with Crippen LogP contribution in [-0.4, -0.2) is 24.9 Å². The van der Waals surface area contributed by atoms with Crippen LogP contribution >= 0.6 is 0 Å². The van der Waals surface area contributed by atoms with Gasteiger partial charge in [0, 0.05) is 13.1 Å². The van der Waals surface area contributed by atoms with E-state index in [-0.39, 0.29) is 22.1 Å². The molecule has 0 N–H and O–H groups in total. The molecule has 1 aromatic rings. The molecule has 0 bridgehead atoms. The van der Waals surface area contributed by atoms with E-state index in [1.165, 1.54) is 32.2 Å². The van der Waals surface area contributed by atoms with Crippen molar-refractivity contribution in [1.82, 2.24) is 4.98 Å². The Balaban J connectivity index is 3.42. The number of aromatic nitrogens is 1. The molecule has 14 heavy (non-hydrogen) atoms. The fourth-order valence-electron chi connectivity index (χ4n) is 1.06. The van der Waals surface area contributed by atoms with Crippen LogP contribution in [0.3, 0.4) is 0 Å². The van der Waals surface area contributed by atoms with Crippen molar-refractivity contribution in [3.63, 3.8) is 0 Å². The van der Waals surface area contributed by atoms with Crippen LogP contribution in [0.5, 0.6) is 0 Å². The van der Waals surface area contributed by atoms with Gasteiger partial charge in [-0.2, -0.15) is 0 Å². The Kier molecular flexibility index (Phi) is 3.00. The van der Waals surface area contributed by atoms with E-state index in [2.05, 4.69) is 4.98 Å². The van der Waals surface area contributed by atoms with Gasteiger partial charge < -0.3 is 0 Å². The Hall–Kier alpha value is -1.23. The molecular formula is C9H11NO3S. The Morgan fingerprint density at radius 2 is 2.14 bits per heavy atom. The molecule has 0 radical (unpaired) electrons. The van der Waals surface area contributed by atoms with Crippen molar-refractivity contribution in [2.45, 2.75) is 18.7 Å². The molecule has 0 fully saturated rings. The largest absolute Gasteiger partial charge is 0.293 e. The van der Waals surface area contributed by atoms with Gasteiger partial charge in [0.15, 0.2) is 15.6 Å². The molecular weight excluding hydrogens is 202 g/mol. The van der Waals surface area contributed by atoms with Crippen LogP contribution < -0.4 is 0 Å². The van der Waals surface area contributed by atoms with E-state index < -0.39 is 9.84 Å². The quantitative estimate of drug-likeness (QED) is 0.705. The van der Waals surface area contributed by atoms with Gasteiger partial charge in [0.05, 0.1) is 10.6 Å². The highest BCUT2D eigenvalue weighted by Gasteiger charge is 2.19. The number of carbonyl (C=O) groups is 1. The number of rotatable bonds is 3. The molecule has 0 aliphatic carbocycles. The normalized spacial score (nSPS) is 11.3. The van der Waals surface area contributed by atoms with E-state index in [1.54, 1.807) is 0 Å². The number of hydrogen-bond acceptors (Lipinski definition) is 4. The van der Waals surface area contributed by atoms with Crippen molar-refractivity contribution < 1.29 is 13.2 Å². The van der Waals surface area contributed by atoms with Crippen molar-refractivity contribution in [2.75, 3.05) is 5.75 Å². The first-order valence-electron chi connectivity index (χ1n) is 4.17. The van der Waals surface area contributed by atoms with Crippen molar-refractivity contribution in [3.05, 3.63) is 24.0 Å². The van der Waals surface area contributed by atoms with E-state index in [0.29, 0.717) is 0 Å². The third kappa shape index (κ3) is 1.98. The minimum absolute atomic E-state index is 0.0225. The molecule has 0 unspecified atom stereocenters. The molecule has 0 aromatic carbocycles. The minimum Gasteiger partial charge on any atom is -0.293 e. The zero-order valence-corrected chi connectivity index (χ0v) is 8.84. The van der Waals surface area contributed by atoms with E-state index in [4.69, 9.17) is 0 Å². The first-order valence-corrected chi connectivity index (χ1v) is 5.83. The first kappa shape index (κ1) is 10.8. The van der Waals surface area contributed by atoms with E-state index in [0.717, 1.165) is 0 Å². The molecule has 0 atom stereocenters. The molecule has 0 aliphatic heterocycles. The highest BCUT2D eigenvalue weighted by molar-refractivity contribution is 7.91. The lowest BCUT2D eigenvalue weighted by atomic mass is 10.3. The fraction of sp³-hybridized carbons (Fsp3) is 0.333. The van der Waals surface area contributed by atoms with Gasteiger partial charge in [0.2, 0.25) is 0 Å². The molecule has 0 saturated heterocycles. The van der Waals surface area contributed by atoms with Gasteiger partial charge in [0.1, 0.15) is 5.69 Å². The summed E-state index contributed by atoms with van der Waals surface area (Å²) in [6.45, 7) is 2.84. The van der Waals surface area contributed by atoms with Crippen molar-refractivity contribution in [3.8, 4) is 0 Å². The maximum absolute atomic E-state index is 11.5. The van der Waals surface area contributed by atoms with Gasteiger partial charge in [0.25, 0.3) is 0 Å². The van der Waals surface area contributed by atoms with Crippen molar-refractivity contribution in [2.24, 2.45) is 0 Å². The molecule has 1 heterocycles. The van der Waals surface area contributed by atoms with E-state index >= 15 is 0 Å². The standard InChI is InChI=1S/C9H11NO3S/c1-3-14(12,13)8-5-4-6-10-9(8)7(2)11/h4-6H,3H2,1-2H3. The predicted molar refractivity (Wildman–Crippen MR) is 52.0 cm³/mol. The van der Waals surface area contributed by atoms with Crippen LogP contribution in [0.25, 0.3) is 0 Å². The summed E-state index contributed by atoms with van der Waals surface area (Å²) in [6.07, 6.45) is 1.41. The molecule has 0 saturated carbocycles. The molecule has 1 rings (SSSR count). The number of ketones is 1. The second-order valence-corrected chi connectivity index (χ2v) is 5.06. The van der Waals surface area contributed by atoms with Crippen molar-refractivity contribution in [1.29, 1.82) is 0 Å². The van der Waals surface area contributed by atoms with Crippen LogP contribution in [0.2, 0.25) is 0 Å². The summed E-state index contributed by atoms with van der Waals surface area (Å²) in [6, 6.07) is 2.91. The lowest BCUT2D eigenvalue weighted by Gasteiger charge is -2.04. The highest BCUT2D eigenvalue weighted by atomic mass is 32.2. The second-order valence-electron chi connectivity index (χ2n) is 2.81. The van der Waals surface area contributed by atoms with E-state index in [9.17, 15) is 13.2 Å². The molecule has 1 aromatic heterocycles. The summed E-state index contributed by atoms with van der Waals surface area (Å²) < 4.78 is 23.1. The van der Waals surface area contributed by atoms with Crippen LogP contribution in [0.15, 0.2) is 23.2 Å². The summed E-state index contributed by atoms with van der Waals surface area (Å²) >= 11 is 0. The fourth-order valence-corrected chi connectivity index (χ4v) is 2.15. The van der Waals surface area contributed by atoms with Crippen LogP contribution in [0, 0.1) is 0 Å². The molecule has 76 valence electrons. The summed E-state index contributed by atoms with van der Waals surface area (Å²) in [5.74, 6) is -0.364. The maximum Gasteiger partial charge on any atom is 0.180 e. The van der Waals surface area contributed by atoms with Gasteiger partial charge in [-0.15, -0.1) is 0 Å². The smallest absolute Gasteiger partial charge is 0.180 e. The molecule has 0 amide bonds. The SMILES string of the molecule is CCS(=O)(=O)c1cccnc1C(C)=O.